The second-order valence-corrected chi connectivity index (χ2v) is 13.5. The Hall–Kier alpha value is -6.58. The zero-order chi connectivity index (χ0) is 33.9. The minimum Gasteiger partial charge on any atom is -0.456 e. The maximum Gasteiger partial charge on any atom is 0.160 e. The average Bonchev–Trinajstić information content (AvgIpc) is 3.71. The lowest BCUT2D eigenvalue weighted by molar-refractivity contribution is 0.669. The van der Waals surface area contributed by atoms with Crippen LogP contribution in [0.4, 0.5) is 0 Å². The summed E-state index contributed by atoms with van der Waals surface area (Å²) in [6, 6.07) is 62.3. The number of nitrogens with zero attached hydrogens (tertiary/aromatic N) is 2. The molecule has 7 aromatic carbocycles. The monoisotopic (exact) mass is 652 g/mol. The van der Waals surface area contributed by atoms with Gasteiger partial charge in [-0.05, 0) is 88.3 Å². The van der Waals surface area contributed by atoms with Crippen LogP contribution in [0.3, 0.4) is 0 Å². The molecule has 1 aliphatic carbocycles. The summed E-state index contributed by atoms with van der Waals surface area (Å²) in [5, 5.41) is 2.17. The van der Waals surface area contributed by atoms with E-state index in [0.29, 0.717) is 5.82 Å². The molecule has 1 unspecified atom stereocenters. The number of hydrogen-bond donors (Lipinski definition) is 0. The first-order valence-corrected chi connectivity index (χ1v) is 17.4. The Bertz CT molecular complexity index is 2760. The van der Waals surface area contributed by atoms with Gasteiger partial charge in [0, 0.05) is 32.9 Å². The molecule has 0 aliphatic heterocycles. The number of benzene rings is 7. The second-order valence-electron chi connectivity index (χ2n) is 13.5. The van der Waals surface area contributed by atoms with Crippen molar-refractivity contribution in [3.8, 4) is 56.2 Å². The van der Waals surface area contributed by atoms with E-state index in [-0.39, 0.29) is 5.41 Å². The third-order valence-electron chi connectivity index (χ3n) is 10.6. The number of para-hydroxylation sites is 1. The van der Waals surface area contributed by atoms with Gasteiger partial charge in [0.15, 0.2) is 5.82 Å². The van der Waals surface area contributed by atoms with E-state index in [1.807, 2.05) is 36.4 Å². The van der Waals surface area contributed by atoms with Gasteiger partial charge in [-0.2, -0.15) is 0 Å². The Morgan fingerprint density at radius 3 is 1.86 bits per heavy atom. The summed E-state index contributed by atoms with van der Waals surface area (Å²) in [5.74, 6) is 0.694. The highest BCUT2D eigenvalue weighted by molar-refractivity contribution is 6.06. The molecule has 0 radical (unpaired) electrons. The lowest BCUT2D eigenvalue weighted by Crippen LogP contribution is -2.22. The Morgan fingerprint density at radius 2 is 1.02 bits per heavy atom. The van der Waals surface area contributed by atoms with Crippen molar-refractivity contribution in [2.45, 2.75) is 12.3 Å². The molecule has 0 amide bonds. The molecule has 1 aliphatic rings. The van der Waals surface area contributed by atoms with Crippen molar-refractivity contribution in [2.24, 2.45) is 0 Å². The molecule has 2 aromatic heterocycles. The van der Waals surface area contributed by atoms with E-state index in [0.717, 1.165) is 55.6 Å². The standard InChI is InChI=1S/C48H32N2O/c1-48(36-17-6-3-7-18-36)41-21-10-8-19-37(41)38-25-23-33(29-42(38)48)32-15-12-16-34(27-32)43-30-44(50-47(49-43)31-13-4-2-5-14-31)35-24-26-46-40(28-35)39-20-9-11-22-45(39)51-46/h2-30H,1H3. The molecule has 0 saturated heterocycles. The van der Waals surface area contributed by atoms with Gasteiger partial charge in [-0.3, -0.25) is 0 Å². The van der Waals surface area contributed by atoms with E-state index in [1.54, 1.807) is 0 Å². The van der Waals surface area contributed by atoms with Gasteiger partial charge in [-0.15, -0.1) is 0 Å². The van der Waals surface area contributed by atoms with E-state index in [4.69, 9.17) is 14.4 Å². The number of hydrogen-bond acceptors (Lipinski definition) is 3. The van der Waals surface area contributed by atoms with E-state index in [1.165, 1.54) is 33.4 Å². The van der Waals surface area contributed by atoms with Crippen LogP contribution in [0, 0.1) is 0 Å². The van der Waals surface area contributed by atoms with Crippen LogP contribution < -0.4 is 0 Å². The van der Waals surface area contributed by atoms with Gasteiger partial charge < -0.3 is 4.42 Å². The molecule has 3 nitrogen and oxygen atoms in total. The van der Waals surface area contributed by atoms with Gasteiger partial charge in [0.25, 0.3) is 0 Å². The first-order chi connectivity index (χ1) is 25.1. The molecule has 240 valence electrons. The van der Waals surface area contributed by atoms with E-state index in [9.17, 15) is 0 Å². The van der Waals surface area contributed by atoms with Crippen molar-refractivity contribution in [3.63, 3.8) is 0 Å². The summed E-state index contributed by atoms with van der Waals surface area (Å²) in [6.07, 6.45) is 0. The van der Waals surface area contributed by atoms with Crippen LogP contribution in [0.2, 0.25) is 0 Å². The molecule has 0 N–H and O–H groups in total. The molecule has 10 rings (SSSR count). The maximum atomic E-state index is 6.14. The highest BCUT2D eigenvalue weighted by Crippen LogP contribution is 2.53. The third kappa shape index (κ3) is 4.74. The van der Waals surface area contributed by atoms with Crippen LogP contribution in [-0.4, -0.2) is 9.97 Å². The fourth-order valence-corrected chi connectivity index (χ4v) is 7.96. The molecule has 1 atom stereocenters. The highest BCUT2D eigenvalue weighted by Gasteiger charge is 2.40. The van der Waals surface area contributed by atoms with Crippen LogP contribution in [0.15, 0.2) is 180 Å². The van der Waals surface area contributed by atoms with Crippen LogP contribution in [0.25, 0.3) is 78.1 Å². The molecule has 0 saturated carbocycles. The van der Waals surface area contributed by atoms with E-state index in [2.05, 4.69) is 146 Å². The average molecular weight is 653 g/mol. The maximum absolute atomic E-state index is 6.14. The van der Waals surface area contributed by atoms with E-state index >= 15 is 0 Å². The molecule has 0 fully saturated rings. The molecular formula is C48H32N2O. The van der Waals surface area contributed by atoms with Crippen molar-refractivity contribution >= 4 is 21.9 Å². The molecular weight excluding hydrogens is 621 g/mol. The third-order valence-corrected chi connectivity index (χ3v) is 10.6. The molecule has 0 bridgehead atoms. The van der Waals surface area contributed by atoms with Gasteiger partial charge in [0.1, 0.15) is 11.2 Å². The van der Waals surface area contributed by atoms with Crippen molar-refractivity contribution < 1.29 is 4.42 Å². The van der Waals surface area contributed by atoms with Crippen molar-refractivity contribution in [1.29, 1.82) is 0 Å². The van der Waals surface area contributed by atoms with Gasteiger partial charge in [0.2, 0.25) is 0 Å². The second kappa shape index (κ2) is 11.5. The number of fused-ring (bicyclic) bond motifs is 6. The Balaban J connectivity index is 1.11. The molecule has 9 aromatic rings. The topological polar surface area (TPSA) is 38.9 Å². The SMILES string of the molecule is CC1(c2ccccc2)c2ccccc2-c2ccc(-c3cccc(-c4cc(-c5ccc6oc7ccccc7c6c5)nc(-c5ccccc5)n4)c3)cc21. The Kier molecular flexibility index (Phi) is 6.62. The highest BCUT2D eigenvalue weighted by atomic mass is 16.3. The fourth-order valence-electron chi connectivity index (χ4n) is 7.96. The first kappa shape index (κ1) is 29.3. The summed E-state index contributed by atoms with van der Waals surface area (Å²) in [4.78, 5) is 10.3. The minimum absolute atomic E-state index is 0.256. The molecule has 2 heterocycles. The van der Waals surface area contributed by atoms with Gasteiger partial charge >= 0.3 is 0 Å². The first-order valence-electron chi connectivity index (χ1n) is 17.4. The van der Waals surface area contributed by atoms with Gasteiger partial charge in [-0.25, -0.2) is 9.97 Å². The smallest absolute Gasteiger partial charge is 0.160 e. The number of furan rings is 1. The molecule has 0 spiro atoms. The van der Waals surface area contributed by atoms with E-state index < -0.39 is 0 Å². The summed E-state index contributed by atoms with van der Waals surface area (Å²) >= 11 is 0. The number of aromatic nitrogens is 2. The molecule has 3 heteroatoms. The summed E-state index contributed by atoms with van der Waals surface area (Å²) < 4.78 is 6.14. The zero-order valence-electron chi connectivity index (χ0n) is 28.0. The predicted molar refractivity (Wildman–Crippen MR) is 208 cm³/mol. The summed E-state index contributed by atoms with van der Waals surface area (Å²) in [5.41, 5.74) is 15.2. The Morgan fingerprint density at radius 1 is 0.412 bits per heavy atom. The summed E-state index contributed by atoms with van der Waals surface area (Å²) in [6.45, 7) is 2.37. The van der Waals surface area contributed by atoms with Crippen molar-refractivity contribution in [1.82, 2.24) is 9.97 Å². The zero-order valence-corrected chi connectivity index (χ0v) is 28.0. The molecule has 51 heavy (non-hydrogen) atoms. The van der Waals surface area contributed by atoms with Crippen LogP contribution >= 0.6 is 0 Å². The Labute approximate surface area is 296 Å². The quantitative estimate of drug-likeness (QED) is 0.186. The largest absolute Gasteiger partial charge is 0.456 e. The normalized spacial score (nSPS) is 14.8. The lowest BCUT2D eigenvalue weighted by Gasteiger charge is -2.28. The van der Waals surface area contributed by atoms with Gasteiger partial charge in [-0.1, -0.05) is 133 Å². The number of rotatable bonds is 5. The van der Waals surface area contributed by atoms with Crippen molar-refractivity contribution in [3.05, 3.63) is 193 Å². The minimum atomic E-state index is -0.256. The van der Waals surface area contributed by atoms with Crippen molar-refractivity contribution in [2.75, 3.05) is 0 Å². The van der Waals surface area contributed by atoms with Crippen LogP contribution in [0.1, 0.15) is 23.6 Å². The van der Waals surface area contributed by atoms with Crippen LogP contribution in [0.5, 0.6) is 0 Å². The fraction of sp³-hybridized carbons (Fsp3) is 0.0417. The predicted octanol–water partition coefficient (Wildman–Crippen LogP) is 12.4. The summed E-state index contributed by atoms with van der Waals surface area (Å²) in [7, 11) is 0. The lowest BCUT2D eigenvalue weighted by atomic mass is 9.74. The van der Waals surface area contributed by atoms with Crippen LogP contribution in [-0.2, 0) is 5.41 Å². The van der Waals surface area contributed by atoms with Gasteiger partial charge in [0.05, 0.1) is 11.4 Å².